The Bertz CT molecular complexity index is 1250. The minimum Gasteiger partial charge on any atom is -0.490 e. The summed E-state index contributed by atoms with van der Waals surface area (Å²) in [6.45, 7) is 5.00. The molecule has 3 nitrogen and oxygen atoms in total. The van der Waals surface area contributed by atoms with Gasteiger partial charge in [-0.25, -0.2) is 13.2 Å². The van der Waals surface area contributed by atoms with Gasteiger partial charge in [0.05, 0.1) is 19.8 Å². The van der Waals surface area contributed by atoms with Crippen LogP contribution in [0.5, 0.6) is 5.75 Å². The van der Waals surface area contributed by atoms with Crippen LogP contribution in [-0.4, -0.2) is 19.8 Å². The van der Waals surface area contributed by atoms with Crippen LogP contribution in [-0.2, 0) is 9.47 Å². The van der Waals surface area contributed by atoms with E-state index in [0.29, 0.717) is 30.9 Å². The van der Waals surface area contributed by atoms with Crippen molar-refractivity contribution < 1.29 is 31.8 Å². The first kappa shape index (κ1) is 27.9. The summed E-state index contributed by atoms with van der Waals surface area (Å²) in [4.78, 5) is 0. The molecule has 1 heterocycles. The lowest BCUT2D eigenvalue weighted by Crippen LogP contribution is -2.26. The van der Waals surface area contributed by atoms with Crippen LogP contribution in [0.15, 0.2) is 60.7 Å². The van der Waals surface area contributed by atoms with Gasteiger partial charge in [0, 0.05) is 22.6 Å². The lowest BCUT2D eigenvalue weighted by Gasteiger charge is -2.28. The summed E-state index contributed by atoms with van der Waals surface area (Å²) >= 11 is 0. The maximum atomic E-state index is 15.0. The molecule has 1 aliphatic rings. The molecule has 202 valence electrons. The number of allylic oxidation sites excluding steroid dienone is 1. The van der Waals surface area contributed by atoms with Gasteiger partial charge in [0.15, 0.2) is 29.5 Å². The molecular weight excluding hydrogens is 496 g/mol. The molecular formula is C31H32F4O3. The van der Waals surface area contributed by atoms with Crippen molar-refractivity contribution in [2.75, 3.05) is 19.8 Å². The molecule has 3 aromatic rings. The Morgan fingerprint density at radius 2 is 1.37 bits per heavy atom. The van der Waals surface area contributed by atoms with Crippen molar-refractivity contribution >= 4 is 0 Å². The Hall–Kier alpha value is -3.16. The lowest BCUT2D eigenvalue weighted by molar-refractivity contribution is -0.199. The molecule has 0 unspecified atom stereocenters. The summed E-state index contributed by atoms with van der Waals surface area (Å²) in [5.41, 5.74) is 0.878. The normalized spacial score (nSPS) is 17.7. The second-order valence-electron chi connectivity index (χ2n) is 9.34. The van der Waals surface area contributed by atoms with Crippen molar-refractivity contribution in [2.45, 2.75) is 45.8 Å². The molecule has 1 fully saturated rings. The third-order valence-corrected chi connectivity index (χ3v) is 6.56. The van der Waals surface area contributed by atoms with E-state index in [-0.39, 0.29) is 28.4 Å². The van der Waals surface area contributed by atoms with Crippen molar-refractivity contribution in [3.05, 3.63) is 89.5 Å². The van der Waals surface area contributed by atoms with E-state index in [4.69, 9.17) is 14.2 Å². The van der Waals surface area contributed by atoms with Gasteiger partial charge in [0.1, 0.15) is 0 Å². The highest BCUT2D eigenvalue weighted by Gasteiger charge is 2.27. The van der Waals surface area contributed by atoms with Crippen molar-refractivity contribution in [2.24, 2.45) is 5.92 Å². The summed E-state index contributed by atoms with van der Waals surface area (Å²) < 4.78 is 76.0. The molecule has 1 aliphatic heterocycles. The van der Waals surface area contributed by atoms with E-state index in [2.05, 4.69) is 6.92 Å². The van der Waals surface area contributed by atoms with Gasteiger partial charge in [0.2, 0.25) is 5.82 Å². The predicted octanol–water partition coefficient (Wildman–Crippen LogP) is 8.77. The summed E-state index contributed by atoms with van der Waals surface area (Å²) in [6.07, 6.45) is 6.73. The van der Waals surface area contributed by atoms with E-state index in [1.54, 1.807) is 12.1 Å². The Kier molecular flexibility index (Phi) is 9.58. The smallest absolute Gasteiger partial charge is 0.201 e. The molecule has 0 radical (unpaired) electrons. The molecule has 3 aromatic carbocycles. The molecule has 0 spiro atoms. The summed E-state index contributed by atoms with van der Waals surface area (Å²) in [5.74, 6) is -4.19. The second kappa shape index (κ2) is 13.1. The first-order valence-electron chi connectivity index (χ1n) is 13.0. The highest BCUT2D eigenvalue weighted by atomic mass is 19.2. The SMILES string of the molecule is CC=CC1COC(c2ccc(-c3ccc(-c4ccc(OCCCCCC)c(F)c4F)cc3)c(F)c2F)OC1. The fourth-order valence-corrected chi connectivity index (χ4v) is 4.46. The quantitative estimate of drug-likeness (QED) is 0.150. The third-order valence-electron chi connectivity index (χ3n) is 6.56. The summed E-state index contributed by atoms with van der Waals surface area (Å²) in [5, 5.41) is 0. The average Bonchev–Trinajstić information content (AvgIpc) is 2.93. The molecule has 0 aromatic heterocycles. The summed E-state index contributed by atoms with van der Waals surface area (Å²) in [7, 11) is 0. The first-order chi connectivity index (χ1) is 18.4. The van der Waals surface area contributed by atoms with Crippen LogP contribution in [0, 0.1) is 29.2 Å². The van der Waals surface area contributed by atoms with E-state index < -0.39 is 29.6 Å². The Labute approximate surface area is 221 Å². The number of hydrogen-bond donors (Lipinski definition) is 0. The fourth-order valence-electron chi connectivity index (χ4n) is 4.46. The first-order valence-corrected chi connectivity index (χ1v) is 13.0. The molecule has 0 saturated carbocycles. The highest BCUT2D eigenvalue weighted by molar-refractivity contribution is 5.71. The molecule has 38 heavy (non-hydrogen) atoms. The van der Waals surface area contributed by atoms with Gasteiger partial charge < -0.3 is 14.2 Å². The largest absolute Gasteiger partial charge is 0.490 e. The molecule has 1 saturated heterocycles. The van der Waals surface area contributed by atoms with E-state index in [1.807, 2.05) is 19.1 Å². The van der Waals surface area contributed by atoms with E-state index >= 15 is 4.39 Å². The molecule has 0 amide bonds. The number of benzene rings is 3. The fraction of sp³-hybridized carbons (Fsp3) is 0.355. The minimum absolute atomic E-state index is 0.00739. The molecule has 7 heteroatoms. The van der Waals surface area contributed by atoms with Gasteiger partial charge in [-0.3, -0.25) is 0 Å². The lowest BCUT2D eigenvalue weighted by atomic mass is 9.98. The summed E-state index contributed by atoms with van der Waals surface area (Å²) in [6, 6.07) is 11.9. The molecule has 4 rings (SSSR count). The van der Waals surface area contributed by atoms with Gasteiger partial charge in [-0.15, -0.1) is 0 Å². The van der Waals surface area contributed by atoms with Crippen molar-refractivity contribution in [3.8, 4) is 28.0 Å². The van der Waals surface area contributed by atoms with Crippen LogP contribution in [0.25, 0.3) is 22.3 Å². The Morgan fingerprint density at radius 3 is 1.97 bits per heavy atom. The van der Waals surface area contributed by atoms with Crippen LogP contribution in [0.3, 0.4) is 0 Å². The number of halogens is 4. The van der Waals surface area contributed by atoms with Gasteiger partial charge in [-0.2, -0.15) is 4.39 Å². The number of ether oxygens (including phenoxy) is 3. The van der Waals surface area contributed by atoms with Crippen LogP contribution in [0.2, 0.25) is 0 Å². The molecule has 0 atom stereocenters. The van der Waals surface area contributed by atoms with E-state index in [1.165, 1.54) is 36.4 Å². The van der Waals surface area contributed by atoms with Crippen molar-refractivity contribution in [1.82, 2.24) is 0 Å². The van der Waals surface area contributed by atoms with Crippen LogP contribution in [0.4, 0.5) is 17.6 Å². The molecule has 0 aliphatic carbocycles. The highest BCUT2D eigenvalue weighted by Crippen LogP contribution is 2.35. The van der Waals surface area contributed by atoms with Gasteiger partial charge >= 0.3 is 0 Å². The second-order valence-corrected chi connectivity index (χ2v) is 9.34. The van der Waals surface area contributed by atoms with Crippen molar-refractivity contribution in [1.29, 1.82) is 0 Å². The zero-order valence-corrected chi connectivity index (χ0v) is 21.6. The maximum Gasteiger partial charge on any atom is 0.201 e. The number of hydrogen-bond acceptors (Lipinski definition) is 3. The molecule has 0 bridgehead atoms. The number of rotatable bonds is 10. The Balaban J connectivity index is 1.48. The maximum absolute atomic E-state index is 15.0. The van der Waals surface area contributed by atoms with Crippen molar-refractivity contribution in [3.63, 3.8) is 0 Å². The van der Waals surface area contributed by atoms with Crippen LogP contribution < -0.4 is 4.74 Å². The van der Waals surface area contributed by atoms with Gasteiger partial charge in [-0.05, 0) is 36.6 Å². The van der Waals surface area contributed by atoms with E-state index in [0.717, 1.165) is 25.7 Å². The zero-order chi connectivity index (χ0) is 27.1. The minimum atomic E-state index is -1.05. The number of unbranched alkanes of at least 4 members (excludes halogenated alkanes) is 3. The molecule has 0 N–H and O–H groups in total. The van der Waals surface area contributed by atoms with Gasteiger partial charge in [0.25, 0.3) is 0 Å². The standard InChI is InChI=1S/C31H32F4O3/c1-3-5-6-7-17-36-26-16-15-24(28(33)30(26)35)22-11-9-21(10-12-22)23-13-14-25(29(34)27(23)32)31-37-18-20(8-4-2)19-38-31/h4,8-16,20,31H,3,5-7,17-19H2,1-2H3. The Morgan fingerprint density at radius 1 is 0.763 bits per heavy atom. The van der Waals surface area contributed by atoms with Gasteiger partial charge in [-0.1, -0.05) is 74.7 Å². The average molecular weight is 529 g/mol. The van der Waals surface area contributed by atoms with Crippen LogP contribution >= 0.6 is 0 Å². The predicted molar refractivity (Wildman–Crippen MR) is 140 cm³/mol. The van der Waals surface area contributed by atoms with Crippen LogP contribution in [0.1, 0.15) is 51.4 Å². The monoisotopic (exact) mass is 528 g/mol. The van der Waals surface area contributed by atoms with E-state index in [9.17, 15) is 13.2 Å². The topological polar surface area (TPSA) is 27.7 Å². The zero-order valence-electron chi connectivity index (χ0n) is 21.6. The third kappa shape index (κ3) is 6.27.